The van der Waals surface area contributed by atoms with E-state index in [2.05, 4.69) is 15.9 Å². The molecule has 0 radical (unpaired) electrons. The van der Waals surface area contributed by atoms with E-state index in [1.165, 1.54) is 7.11 Å². The highest BCUT2D eigenvalue weighted by atomic mass is 79.9. The van der Waals surface area contributed by atoms with Gasteiger partial charge in [0.25, 0.3) is 0 Å². The Bertz CT molecular complexity index is 365. The summed E-state index contributed by atoms with van der Waals surface area (Å²) >= 11 is 3.40. The Kier molecular flexibility index (Phi) is 6.05. The Hall–Kier alpha value is -1.03. The Labute approximate surface area is 110 Å². The summed E-state index contributed by atoms with van der Waals surface area (Å²) in [4.78, 5) is 11.5. The summed E-state index contributed by atoms with van der Waals surface area (Å²) in [5.74, 6) is 0.341. The summed E-state index contributed by atoms with van der Waals surface area (Å²) < 4.78 is 11.3. The van der Waals surface area contributed by atoms with Crippen LogP contribution in [-0.2, 0) is 9.53 Å². The molecule has 0 bridgehead atoms. The van der Waals surface area contributed by atoms with Crippen LogP contribution >= 0.6 is 15.9 Å². The molecule has 0 heterocycles. The zero-order valence-electron chi connectivity index (χ0n) is 10.1. The number of esters is 1. The molecule has 0 amide bonds. The summed E-state index contributed by atoms with van der Waals surface area (Å²) in [5.41, 5.74) is 0. The highest BCUT2D eigenvalue weighted by molar-refractivity contribution is 9.10. The number of ether oxygens (including phenoxy) is 2. The molecule has 0 aliphatic heterocycles. The van der Waals surface area contributed by atoms with Crippen LogP contribution in [0.25, 0.3) is 0 Å². The molecule has 0 saturated carbocycles. The maximum Gasteiger partial charge on any atom is 0.312 e. The Morgan fingerprint density at radius 2 is 2.12 bits per heavy atom. The quantitative estimate of drug-likeness (QED) is 0.755. The SMILES string of the molecule is CCCC(COc1ccccc1Br)C(=O)OC. The summed E-state index contributed by atoms with van der Waals surface area (Å²) in [6, 6.07) is 7.58. The lowest BCUT2D eigenvalue weighted by molar-refractivity contribution is -0.146. The zero-order valence-corrected chi connectivity index (χ0v) is 11.7. The molecule has 1 atom stereocenters. The molecule has 17 heavy (non-hydrogen) atoms. The van der Waals surface area contributed by atoms with Gasteiger partial charge in [-0.05, 0) is 34.5 Å². The largest absolute Gasteiger partial charge is 0.492 e. The first-order valence-corrected chi connectivity index (χ1v) is 6.43. The average Bonchev–Trinajstić information content (AvgIpc) is 2.35. The van der Waals surface area contributed by atoms with E-state index < -0.39 is 0 Å². The normalized spacial score (nSPS) is 11.9. The van der Waals surface area contributed by atoms with Crippen LogP contribution in [0.15, 0.2) is 28.7 Å². The number of rotatable bonds is 6. The summed E-state index contributed by atoms with van der Waals surface area (Å²) in [7, 11) is 1.41. The lowest BCUT2D eigenvalue weighted by Crippen LogP contribution is -2.23. The molecule has 1 rings (SSSR count). The van der Waals surface area contributed by atoms with Gasteiger partial charge in [0.2, 0.25) is 0 Å². The van der Waals surface area contributed by atoms with E-state index in [-0.39, 0.29) is 11.9 Å². The fourth-order valence-electron chi connectivity index (χ4n) is 1.54. The van der Waals surface area contributed by atoms with Crippen molar-refractivity contribution in [2.45, 2.75) is 19.8 Å². The van der Waals surface area contributed by atoms with Crippen LogP contribution in [0.1, 0.15) is 19.8 Å². The van der Waals surface area contributed by atoms with Crippen molar-refractivity contribution in [3.05, 3.63) is 28.7 Å². The van der Waals surface area contributed by atoms with Crippen LogP contribution in [-0.4, -0.2) is 19.7 Å². The molecule has 1 aromatic rings. The average molecular weight is 301 g/mol. The molecule has 0 N–H and O–H groups in total. The number of carbonyl (C=O) groups is 1. The van der Waals surface area contributed by atoms with Crippen LogP contribution in [0, 0.1) is 5.92 Å². The minimum Gasteiger partial charge on any atom is -0.492 e. The topological polar surface area (TPSA) is 35.5 Å². The molecule has 0 spiro atoms. The van der Waals surface area contributed by atoms with Crippen molar-refractivity contribution in [1.29, 1.82) is 0 Å². The third-order valence-corrected chi connectivity index (χ3v) is 3.10. The van der Waals surface area contributed by atoms with Crippen molar-refractivity contribution in [1.82, 2.24) is 0 Å². The Morgan fingerprint density at radius 3 is 2.71 bits per heavy atom. The van der Waals surface area contributed by atoms with E-state index in [4.69, 9.17) is 9.47 Å². The second-order valence-electron chi connectivity index (χ2n) is 3.75. The van der Waals surface area contributed by atoms with Gasteiger partial charge in [0, 0.05) is 0 Å². The van der Waals surface area contributed by atoms with Gasteiger partial charge in [0.15, 0.2) is 0 Å². The number of hydrogen-bond donors (Lipinski definition) is 0. The number of para-hydroxylation sites is 1. The van der Waals surface area contributed by atoms with Crippen LogP contribution in [0.3, 0.4) is 0 Å². The molecule has 3 nitrogen and oxygen atoms in total. The molecule has 0 aliphatic carbocycles. The molecular weight excluding hydrogens is 284 g/mol. The van der Waals surface area contributed by atoms with Gasteiger partial charge in [0.1, 0.15) is 12.4 Å². The smallest absolute Gasteiger partial charge is 0.312 e. The molecule has 1 unspecified atom stereocenters. The lowest BCUT2D eigenvalue weighted by atomic mass is 10.1. The molecular formula is C13H17BrO3. The molecule has 0 saturated heterocycles. The molecule has 94 valence electrons. The fourth-order valence-corrected chi connectivity index (χ4v) is 1.94. The number of carbonyl (C=O) groups excluding carboxylic acids is 1. The minimum atomic E-state index is -0.209. The monoisotopic (exact) mass is 300 g/mol. The third kappa shape index (κ3) is 4.38. The van der Waals surface area contributed by atoms with Crippen molar-refractivity contribution >= 4 is 21.9 Å². The number of halogens is 1. The molecule has 0 aromatic heterocycles. The Morgan fingerprint density at radius 1 is 1.41 bits per heavy atom. The second-order valence-corrected chi connectivity index (χ2v) is 4.60. The van der Waals surface area contributed by atoms with E-state index in [1.807, 2.05) is 31.2 Å². The lowest BCUT2D eigenvalue weighted by Gasteiger charge is -2.15. The third-order valence-electron chi connectivity index (χ3n) is 2.45. The van der Waals surface area contributed by atoms with Gasteiger partial charge < -0.3 is 9.47 Å². The maximum absolute atomic E-state index is 11.5. The van der Waals surface area contributed by atoms with Gasteiger partial charge >= 0.3 is 5.97 Å². The fraction of sp³-hybridized carbons (Fsp3) is 0.462. The van der Waals surface area contributed by atoms with Crippen molar-refractivity contribution in [2.75, 3.05) is 13.7 Å². The molecule has 4 heteroatoms. The predicted molar refractivity (Wildman–Crippen MR) is 70.1 cm³/mol. The first-order valence-electron chi connectivity index (χ1n) is 5.64. The van der Waals surface area contributed by atoms with Gasteiger partial charge in [-0.3, -0.25) is 4.79 Å². The van der Waals surface area contributed by atoms with Crippen molar-refractivity contribution in [3.63, 3.8) is 0 Å². The minimum absolute atomic E-state index is 0.197. The van der Waals surface area contributed by atoms with Crippen molar-refractivity contribution in [3.8, 4) is 5.75 Å². The highest BCUT2D eigenvalue weighted by Gasteiger charge is 2.19. The van der Waals surface area contributed by atoms with E-state index >= 15 is 0 Å². The highest BCUT2D eigenvalue weighted by Crippen LogP contribution is 2.24. The number of benzene rings is 1. The van der Waals surface area contributed by atoms with E-state index in [0.717, 1.165) is 23.1 Å². The first-order chi connectivity index (χ1) is 8.19. The van der Waals surface area contributed by atoms with Crippen LogP contribution in [0.5, 0.6) is 5.75 Å². The summed E-state index contributed by atoms with van der Waals surface area (Å²) in [6.07, 6.45) is 1.70. The van der Waals surface area contributed by atoms with E-state index in [9.17, 15) is 4.79 Å². The van der Waals surface area contributed by atoms with Gasteiger partial charge in [-0.25, -0.2) is 0 Å². The molecule has 0 fully saturated rings. The summed E-state index contributed by atoms with van der Waals surface area (Å²) in [6.45, 7) is 2.39. The van der Waals surface area contributed by atoms with E-state index in [0.29, 0.717) is 6.61 Å². The van der Waals surface area contributed by atoms with Gasteiger partial charge in [-0.15, -0.1) is 0 Å². The molecule has 0 aliphatic rings. The standard InChI is InChI=1S/C13H17BrO3/c1-3-6-10(13(15)16-2)9-17-12-8-5-4-7-11(12)14/h4-5,7-8,10H,3,6,9H2,1-2H3. The van der Waals surface area contributed by atoms with E-state index in [1.54, 1.807) is 0 Å². The van der Waals surface area contributed by atoms with Crippen LogP contribution in [0.2, 0.25) is 0 Å². The van der Waals surface area contributed by atoms with Gasteiger partial charge in [0.05, 0.1) is 17.5 Å². The van der Waals surface area contributed by atoms with Crippen LogP contribution in [0.4, 0.5) is 0 Å². The molecule has 1 aromatic carbocycles. The zero-order chi connectivity index (χ0) is 12.7. The predicted octanol–water partition coefficient (Wildman–Crippen LogP) is 3.42. The second kappa shape index (κ2) is 7.33. The van der Waals surface area contributed by atoms with Gasteiger partial charge in [-0.1, -0.05) is 25.5 Å². The van der Waals surface area contributed by atoms with Crippen LogP contribution < -0.4 is 4.74 Å². The number of hydrogen-bond acceptors (Lipinski definition) is 3. The maximum atomic E-state index is 11.5. The van der Waals surface area contributed by atoms with Crippen molar-refractivity contribution < 1.29 is 14.3 Å². The van der Waals surface area contributed by atoms with Crippen molar-refractivity contribution in [2.24, 2.45) is 5.92 Å². The van der Waals surface area contributed by atoms with Gasteiger partial charge in [-0.2, -0.15) is 0 Å². The summed E-state index contributed by atoms with van der Waals surface area (Å²) in [5, 5.41) is 0. The number of methoxy groups -OCH3 is 1. The first kappa shape index (κ1) is 14.0. The Balaban J connectivity index is 2.57.